The van der Waals surface area contributed by atoms with Gasteiger partial charge in [-0.3, -0.25) is 0 Å². The molecule has 0 saturated carbocycles. The number of amides is 1. The largest absolute Gasteiger partial charge is 0.454 e. The van der Waals surface area contributed by atoms with E-state index in [0.717, 1.165) is 16.7 Å². The first-order valence-electron chi connectivity index (χ1n) is 8.84. The number of nitrogens with zero attached hydrogens (tertiary/aromatic N) is 3. The van der Waals surface area contributed by atoms with E-state index in [9.17, 15) is 4.79 Å². The summed E-state index contributed by atoms with van der Waals surface area (Å²) in [6, 6.07) is 19.4. The Balaban J connectivity index is 1.73. The predicted octanol–water partition coefficient (Wildman–Crippen LogP) is 4.37. The van der Waals surface area contributed by atoms with E-state index in [-0.39, 0.29) is 6.61 Å². The van der Waals surface area contributed by atoms with Gasteiger partial charge in [-0.05, 0) is 31.2 Å². The van der Waals surface area contributed by atoms with E-state index in [0.29, 0.717) is 17.0 Å². The number of hydrogen-bond donors (Lipinski definition) is 1. The van der Waals surface area contributed by atoms with Gasteiger partial charge >= 0.3 is 6.09 Å². The lowest BCUT2D eigenvalue weighted by molar-refractivity contribution is 0.152. The second-order valence-electron chi connectivity index (χ2n) is 5.95. The monoisotopic (exact) mass is 374 g/mol. The highest BCUT2D eigenvalue weighted by Crippen LogP contribution is 2.29. The Hall–Kier alpha value is -3.87. The van der Waals surface area contributed by atoms with Crippen LogP contribution in [0.1, 0.15) is 12.5 Å². The molecular weight excluding hydrogens is 356 g/mol. The highest BCUT2D eigenvalue weighted by atomic mass is 16.5. The number of hydrazone groups is 1. The zero-order valence-corrected chi connectivity index (χ0v) is 15.2. The summed E-state index contributed by atoms with van der Waals surface area (Å²) in [5.41, 5.74) is 5.32. The molecule has 4 rings (SSSR count). The number of ether oxygens (including phenoxy) is 1. The molecule has 0 aliphatic carbocycles. The van der Waals surface area contributed by atoms with Crippen LogP contribution in [0.2, 0.25) is 0 Å². The molecule has 0 saturated heterocycles. The van der Waals surface area contributed by atoms with Gasteiger partial charge < -0.3 is 9.15 Å². The molecule has 0 spiro atoms. The van der Waals surface area contributed by atoms with E-state index in [1.54, 1.807) is 11.6 Å². The third-order valence-corrected chi connectivity index (χ3v) is 4.06. The quantitative estimate of drug-likeness (QED) is 0.415. The van der Waals surface area contributed by atoms with E-state index in [2.05, 4.69) is 15.6 Å². The van der Waals surface area contributed by atoms with Crippen molar-refractivity contribution in [3.8, 4) is 17.1 Å². The molecule has 7 nitrogen and oxygen atoms in total. The van der Waals surface area contributed by atoms with Gasteiger partial charge in [0, 0.05) is 17.1 Å². The van der Waals surface area contributed by atoms with Crippen molar-refractivity contribution >= 4 is 23.3 Å². The molecule has 0 atom stereocenters. The molecule has 2 aromatic heterocycles. The topological polar surface area (TPSA) is 81.6 Å². The van der Waals surface area contributed by atoms with Gasteiger partial charge in [-0.2, -0.15) is 10.2 Å². The molecule has 1 N–H and O–H groups in total. The molecule has 0 bridgehead atoms. The smallest absolute Gasteiger partial charge is 0.427 e. The van der Waals surface area contributed by atoms with Crippen LogP contribution in [0.4, 0.5) is 4.79 Å². The Morgan fingerprint density at radius 3 is 2.79 bits per heavy atom. The lowest BCUT2D eigenvalue weighted by Gasteiger charge is -1.98. The number of hydrogen-bond acceptors (Lipinski definition) is 5. The van der Waals surface area contributed by atoms with E-state index >= 15 is 0 Å². The van der Waals surface area contributed by atoms with Crippen LogP contribution in [0, 0.1) is 0 Å². The Kier molecular flexibility index (Phi) is 4.88. The van der Waals surface area contributed by atoms with Crippen molar-refractivity contribution in [2.45, 2.75) is 6.92 Å². The molecule has 140 valence electrons. The third-order valence-electron chi connectivity index (χ3n) is 4.06. The van der Waals surface area contributed by atoms with Gasteiger partial charge in [-0.1, -0.05) is 36.4 Å². The van der Waals surface area contributed by atoms with Gasteiger partial charge in [0.25, 0.3) is 0 Å². The lowest BCUT2D eigenvalue weighted by Crippen LogP contribution is -2.18. The fraction of sp³-hybridized carbons (Fsp3) is 0.0952. The number of nitrogens with one attached hydrogen (secondary N) is 1. The average Bonchev–Trinajstić information content (AvgIpc) is 3.33. The molecule has 1 amide bonds. The second kappa shape index (κ2) is 7.79. The Morgan fingerprint density at radius 1 is 1.21 bits per heavy atom. The maximum atomic E-state index is 11.4. The van der Waals surface area contributed by atoms with Crippen LogP contribution in [0.25, 0.3) is 28.1 Å². The summed E-state index contributed by atoms with van der Waals surface area (Å²) in [5.74, 6) is 0.619. The first kappa shape index (κ1) is 17.5. The molecular formula is C21H18N4O3. The number of furan rings is 1. The highest BCUT2D eigenvalue weighted by molar-refractivity contribution is 5.91. The standard InChI is InChI=1S/C21H18N4O3/c1-2-27-21(26)23-22-13-16-14-25(17-9-4-3-5-10-17)24-20(16)19-12-15-8-6-7-11-18(15)28-19/h3-14H,2H2,1H3,(H,23,26)/b22-13-. The lowest BCUT2D eigenvalue weighted by atomic mass is 10.2. The first-order valence-corrected chi connectivity index (χ1v) is 8.84. The van der Waals surface area contributed by atoms with Crippen LogP contribution in [0.15, 0.2) is 76.4 Å². The van der Waals surface area contributed by atoms with Crippen LogP contribution in [-0.2, 0) is 4.74 Å². The summed E-state index contributed by atoms with van der Waals surface area (Å²) < 4.78 is 12.5. The van der Waals surface area contributed by atoms with Crippen LogP contribution < -0.4 is 5.43 Å². The van der Waals surface area contributed by atoms with Gasteiger partial charge in [-0.15, -0.1) is 0 Å². The number of carbonyl (C=O) groups is 1. The van der Waals surface area contributed by atoms with Crippen molar-refractivity contribution in [3.63, 3.8) is 0 Å². The van der Waals surface area contributed by atoms with Gasteiger partial charge in [0.2, 0.25) is 0 Å². The maximum Gasteiger partial charge on any atom is 0.427 e. The van der Waals surface area contributed by atoms with Crippen molar-refractivity contribution in [1.82, 2.24) is 15.2 Å². The SMILES string of the molecule is CCOC(=O)N/N=C\c1cn(-c2ccccc2)nc1-c1cc2ccccc2o1. The number of para-hydroxylation sites is 2. The number of benzene rings is 2. The van der Waals surface area contributed by atoms with E-state index in [4.69, 9.17) is 9.15 Å². The molecule has 0 aliphatic rings. The molecule has 4 aromatic rings. The second-order valence-corrected chi connectivity index (χ2v) is 5.95. The van der Waals surface area contributed by atoms with Crippen LogP contribution in [-0.4, -0.2) is 28.7 Å². The number of aromatic nitrogens is 2. The summed E-state index contributed by atoms with van der Waals surface area (Å²) in [6.45, 7) is 2.00. The van der Waals surface area contributed by atoms with Crippen molar-refractivity contribution in [2.75, 3.05) is 6.61 Å². The van der Waals surface area contributed by atoms with Gasteiger partial charge in [0.05, 0.1) is 18.5 Å². The minimum atomic E-state index is -0.612. The Morgan fingerprint density at radius 2 is 2.00 bits per heavy atom. The van der Waals surface area contributed by atoms with E-state index in [1.165, 1.54) is 6.21 Å². The first-order chi connectivity index (χ1) is 13.7. The van der Waals surface area contributed by atoms with Gasteiger partial charge in [-0.25, -0.2) is 14.9 Å². The zero-order valence-electron chi connectivity index (χ0n) is 15.2. The van der Waals surface area contributed by atoms with Crippen molar-refractivity contribution in [1.29, 1.82) is 0 Å². The molecule has 28 heavy (non-hydrogen) atoms. The Labute approximate surface area is 161 Å². The summed E-state index contributed by atoms with van der Waals surface area (Å²) in [6.07, 6.45) is 2.74. The fourth-order valence-corrected chi connectivity index (χ4v) is 2.80. The maximum absolute atomic E-state index is 11.4. The normalized spacial score (nSPS) is 11.2. The molecule has 0 aliphatic heterocycles. The zero-order chi connectivity index (χ0) is 19.3. The van der Waals surface area contributed by atoms with Crippen LogP contribution in [0.5, 0.6) is 0 Å². The average molecular weight is 374 g/mol. The Bertz CT molecular complexity index is 1100. The van der Waals surface area contributed by atoms with Gasteiger partial charge in [0.1, 0.15) is 11.3 Å². The molecule has 2 heterocycles. The minimum absolute atomic E-state index is 0.275. The minimum Gasteiger partial charge on any atom is -0.454 e. The molecule has 2 aromatic carbocycles. The van der Waals surface area contributed by atoms with Crippen LogP contribution >= 0.6 is 0 Å². The van der Waals surface area contributed by atoms with Crippen LogP contribution in [0.3, 0.4) is 0 Å². The number of carbonyl (C=O) groups excluding carboxylic acids is 1. The molecule has 0 fully saturated rings. The molecule has 0 unspecified atom stereocenters. The summed E-state index contributed by atoms with van der Waals surface area (Å²) in [7, 11) is 0. The predicted molar refractivity (Wildman–Crippen MR) is 107 cm³/mol. The van der Waals surface area contributed by atoms with E-state index < -0.39 is 6.09 Å². The summed E-state index contributed by atoms with van der Waals surface area (Å²) in [5, 5.41) is 9.62. The summed E-state index contributed by atoms with van der Waals surface area (Å²) in [4.78, 5) is 11.4. The van der Waals surface area contributed by atoms with Crippen molar-refractivity contribution < 1.29 is 13.9 Å². The van der Waals surface area contributed by atoms with Crippen molar-refractivity contribution in [2.24, 2.45) is 5.10 Å². The fourth-order valence-electron chi connectivity index (χ4n) is 2.80. The summed E-state index contributed by atoms with van der Waals surface area (Å²) >= 11 is 0. The van der Waals surface area contributed by atoms with E-state index in [1.807, 2.05) is 66.9 Å². The number of rotatable bonds is 5. The van der Waals surface area contributed by atoms with Crippen molar-refractivity contribution in [3.05, 3.63) is 72.4 Å². The molecule has 0 radical (unpaired) electrons. The molecule has 7 heteroatoms. The highest BCUT2D eigenvalue weighted by Gasteiger charge is 2.15. The third kappa shape index (κ3) is 3.64. The van der Waals surface area contributed by atoms with Gasteiger partial charge in [0.15, 0.2) is 5.76 Å². The number of fused-ring (bicyclic) bond motifs is 1.